The predicted octanol–water partition coefficient (Wildman–Crippen LogP) is 1.96. The van der Waals surface area contributed by atoms with Crippen molar-refractivity contribution >= 4 is 17.6 Å². The lowest BCUT2D eigenvalue weighted by Gasteiger charge is -2.10. The van der Waals surface area contributed by atoms with E-state index in [1.165, 1.54) is 0 Å². The fourth-order valence-electron chi connectivity index (χ4n) is 1.47. The Morgan fingerprint density at radius 3 is 2.82 bits per heavy atom. The third-order valence-corrected chi connectivity index (χ3v) is 2.52. The lowest BCUT2D eigenvalue weighted by Crippen LogP contribution is -2.08. The van der Waals surface area contributed by atoms with Crippen molar-refractivity contribution in [2.24, 2.45) is 0 Å². The average Bonchev–Trinajstić information content (AvgIpc) is 2.82. The van der Waals surface area contributed by atoms with Crippen molar-refractivity contribution in [1.29, 1.82) is 0 Å². The fourth-order valence-corrected chi connectivity index (χ4v) is 1.71. The molecule has 92 valence electrons. The van der Waals surface area contributed by atoms with Crippen LogP contribution in [0.3, 0.4) is 0 Å². The zero-order chi connectivity index (χ0) is 12.3. The average molecular weight is 258 g/mol. The SMILES string of the molecule is CCOC(=O)c1ccc(C2OCCO2)nc1Cl. The molecule has 0 saturated carbocycles. The largest absolute Gasteiger partial charge is 0.462 e. The Morgan fingerprint density at radius 1 is 1.53 bits per heavy atom. The summed E-state index contributed by atoms with van der Waals surface area (Å²) in [5.41, 5.74) is 0.802. The molecule has 5 nitrogen and oxygen atoms in total. The summed E-state index contributed by atoms with van der Waals surface area (Å²) in [5, 5.41) is 0.0973. The molecule has 0 spiro atoms. The number of carbonyl (C=O) groups excluding carboxylic acids is 1. The second-order valence-electron chi connectivity index (χ2n) is 3.37. The highest BCUT2D eigenvalue weighted by Gasteiger charge is 2.22. The smallest absolute Gasteiger partial charge is 0.341 e. The Kier molecular flexibility index (Phi) is 3.93. The van der Waals surface area contributed by atoms with Gasteiger partial charge in [0.1, 0.15) is 5.15 Å². The number of hydrogen-bond donors (Lipinski definition) is 0. The summed E-state index contributed by atoms with van der Waals surface area (Å²) in [6, 6.07) is 3.21. The summed E-state index contributed by atoms with van der Waals surface area (Å²) < 4.78 is 15.4. The third kappa shape index (κ3) is 2.74. The second-order valence-corrected chi connectivity index (χ2v) is 3.73. The standard InChI is InChI=1S/C11H12ClNO4/c1-2-15-10(14)7-3-4-8(13-9(7)12)11-16-5-6-17-11/h3-4,11H,2,5-6H2,1H3. The van der Waals surface area contributed by atoms with E-state index in [4.69, 9.17) is 25.8 Å². The van der Waals surface area contributed by atoms with Crippen molar-refractivity contribution in [1.82, 2.24) is 4.98 Å². The van der Waals surface area contributed by atoms with Crippen LogP contribution in [0.1, 0.15) is 29.3 Å². The zero-order valence-corrected chi connectivity index (χ0v) is 10.1. The molecule has 1 aliphatic rings. The van der Waals surface area contributed by atoms with Gasteiger partial charge < -0.3 is 14.2 Å². The third-order valence-electron chi connectivity index (χ3n) is 2.23. The topological polar surface area (TPSA) is 57.7 Å². The van der Waals surface area contributed by atoms with E-state index in [0.717, 1.165) is 0 Å². The van der Waals surface area contributed by atoms with Crippen LogP contribution in [0.4, 0.5) is 0 Å². The molecule has 2 heterocycles. The first-order valence-corrected chi connectivity index (χ1v) is 5.67. The van der Waals surface area contributed by atoms with Gasteiger partial charge in [0.25, 0.3) is 0 Å². The van der Waals surface area contributed by atoms with Gasteiger partial charge in [-0.2, -0.15) is 0 Å². The van der Waals surface area contributed by atoms with Crippen molar-refractivity contribution in [2.45, 2.75) is 13.2 Å². The van der Waals surface area contributed by atoms with Crippen LogP contribution in [0.2, 0.25) is 5.15 Å². The van der Waals surface area contributed by atoms with Crippen LogP contribution >= 0.6 is 11.6 Å². The number of nitrogens with zero attached hydrogens (tertiary/aromatic N) is 1. The Labute approximate surface area is 104 Å². The molecule has 2 rings (SSSR count). The number of aromatic nitrogens is 1. The maximum atomic E-state index is 11.5. The molecular formula is C11H12ClNO4. The molecule has 0 unspecified atom stereocenters. The van der Waals surface area contributed by atoms with Crippen LogP contribution in [0.15, 0.2) is 12.1 Å². The first-order chi connectivity index (χ1) is 8.22. The lowest BCUT2D eigenvalue weighted by atomic mass is 10.2. The molecular weight excluding hydrogens is 246 g/mol. The van der Waals surface area contributed by atoms with Crippen molar-refractivity contribution in [3.05, 3.63) is 28.5 Å². The van der Waals surface area contributed by atoms with E-state index in [1.54, 1.807) is 19.1 Å². The van der Waals surface area contributed by atoms with Crippen LogP contribution in [0.25, 0.3) is 0 Å². The van der Waals surface area contributed by atoms with Gasteiger partial charge in [-0.15, -0.1) is 0 Å². The Morgan fingerprint density at radius 2 is 2.24 bits per heavy atom. The van der Waals surface area contributed by atoms with Crippen molar-refractivity contribution in [3.8, 4) is 0 Å². The fraction of sp³-hybridized carbons (Fsp3) is 0.455. The highest BCUT2D eigenvalue weighted by Crippen LogP contribution is 2.24. The summed E-state index contributed by atoms with van der Waals surface area (Å²) in [7, 11) is 0. The van der Waals surface area contributed by atoms with E-state index < -0.39 is 12.3 Å². The molecule has 1 aromatic heterocycles. The summed E-state index contributed by atoms with van der Waals surface area (Å²) in [5.74, 6) is -0.482. The minimum absolute atomic E-state index is 0.0973. The summed E-state index contributed by atoms with van der Waals surface area (Å²) in [6.45, 7) is 3.09. The molecule has 0 N–H and O–H groups in total. The predicted molar refractivity (Wildman–Crippen MR) is 59.8 cm³/mol. The molecule has 17 heavy (non-hydrogen) atoms. The molecule has 1 aliphatic heterocycles. The van der Waals surface area contributed by atoms with Gasteiger partial charge in [0.05, 0.1) is 31.1 Å². The molecule has 1 fully saturated rings. The van der Waals surface area contributed by atoms with Crippen molar-refractivity contribution < 1.29 is 19.0 Å². The molecule has 0 bridgehead atoms. The van der Waals surface area contributed by atoms with Gasteiger partial charge in [-0.3, -0.25) is 0 Å². The lowest BCUT2D eigenvalue weighted by molar-refractivity contribution is -0.0473. The number of halogens is 1. The number of pyridine rings is 1. The molecule has 1 aromatic rings. The molecule has 6 heteroatoms. The van der Waals surface area contributed by atoms with Crippen LogP contribution in [0.5, 0.6) is 0 Å². The highest BCUT2D eigenvalue weighted by atomic mass is 35.5. The number of esters is 1. The highest BCUT2D eigenvalue weighted by molar-refractivity contribution is 6.32. The molecule has 0 amide bonds. The van der Waals surface area contributed by atoms with E-state index in [2.05, 4.69) is 4.98 Å². The van der Waals surface area contributed by atoms with Gasteiger partial charge in [0, 0.05) is 0 Å². The molecule has 1 saturated heterocycles. The van der Waals surface area contributed by atoms with E-state index in [-0.39, 0.29) is 10.7 Å². The minimum atomic E-state index is -0.497. The molecule has 0 atom stereocenters. The quantitative estimate of drug-likeness (QED) is 0.612. The van der Waals surface area contributed by atoms with Gasteiger partial charge >= 0.3 is 5.97 Å². The van der Waals surface area contributed by atoms with Gasteiger partial charge in [-0.25, -0.2) is 9.78 Å². The number of carbonyl (C=O) groups is 1. The summed E-state index contributed by atoms with van der Waals surface area (Å²) >= 11 is 5.92. The summed E-state index contributed by atoms with van der Waals surface area (Å²) in [6.07, 6.45) is -0.497. The first kappa shape index (κ1) is 12.3. The monoisotopic (exact) mass is 257 g/mol. The van der Waals surface area contributed by atoms with Gasteiger partial charge in [-0.1, -0.05) is 11.6 Å². The molecule has 0 aromatic carbocycles. The number of hydrogen-bond acceptors (Lipinski definition) is 5. The number of rotatable bonds is 3. The first-order valence-electron chi connectivity index (χ1n) is 5.29. The van der Waals surface area contributed by atoms with Crippen molar-refractivity contribution in [3.63, 3.8) is 0 Å². The van der Waals surface area contributed by atoms with Crippen LogP contribution < -0.4 is 0 Å². The van der Waals surface area contributed by atoms with Crippen LogP contribution in [-0.2, 0) is 14.2 Å². The van der Waals surface area contributed by atoms with E-state index >= 15 is 0 Å². The zero-order valence-electron chi connectivity index (χ0n) is 9.31. The van der Waals surface area contributed by atoms with Gasteiger partial charge in [0.2, 0.25) is 6.29 Å². The molecule has 0 radical (unpaired) electrons. The molecule has 0 aliphatic carbocycles. The van der Waals surface area contributed by atoms with Gasteiger partial charge in [-0.05, 0) is 19.1 Å². The van der Waals surface area contributed by atoms with Crippen LogP contribution in [-0.4, -0.2) is 30.8 Å². The summed E-state index contributed by atoms with van der Waals surface area (Å²) in [4.78, 5) is 15.6. The van der Waals surface area contributed by atoms with Crippen molar-refractivity contribution in [2.75, 3.05) is 19.8 Å². The second kappa shape index (κ2) is 5.44. The Hall–Kier alpha value is -1.17. The maximum absolute atomic E-state index is 11.5. The Balaban J connectivity index is 2.19. The normalized spacial score (nSPS) is 16.1. The Bertz CT molecular complexity index is 418. The van der Waals surface area contributed by atoms with E-state index in [0.29, 0.717) is 25.5 Å². The van der Waals surface area contributed by atoms with Crippen LogP contribution in [0, 0.1) is 0 Å². The maximum Gasteiger partial charge on any atom is 0.341 e. The van der Waals surface area contributed by atoms with Gasteiger partial charge in [0.15, 0.2) is 0 Å². The van der Waals surface area contributed by atoms with E-state index in [1.807, 2.05) is 0 Å². The van der Waals surface area contributed by atoms with E-state index in [9.17, 15) is 4.79 Å². The number of ether oxygens (including phenoxy) is 3. The minimum Gasteiger partial charge on any atom is -0.462 e.